The Kier molecular flexibility index (Phi) is 7.17. The van der Waals surface area contributed by atoms with Gasteiger partial charge in [-0.1, -0.05) is 44.2 Å². The number of ether oxygens (including phenoxy) is 1. The van der Waals surface area contributed by atoms with Crippen LogP contribution in [0.1, 0.15) is 19.4 Å². The van der Waals surface area contributed by atoms with Crippen LogP contribution in [0.25, 0.3) is 0 Å². The fraction of sp³-hybridized carbons (Fsp3) is 0.316. The van der Waals surface area contributed by atoms with Gasteiger partial charge in [0.25, 0.3) is 5.91 Å². The fourth-order valence-electron chi connectivity index (χ4n) is 2.07. The van der Waals surface area contributed by atoms with Gasteiger partial charge < -0.3 is 10.1 Å². The second kappa shape index (κ2) is 9.35. The maximum atomic E-state index is 12.1. The van der Waals surface area contributed by atoms with Crippen molar-refractivity contribution in [1.29, 1.82) is 0 Å². The molecule has 0 atom stereocenters. The van der Waals surface area contributed by atoms with Gasteiger partial charge in [-0.3, -0.25) is 4.79 Å². The maximum absolute atomic E-state index is 12.1. The van der Waals surface area contributed by atoms with Crippen LogP contribution in [0, 0.1) is 5.92 Å². The monoisotopic (exact) mass is 376 g/mol. The molecule has 2 rings (SSSR count). The highest BCUT2D eigenvalue weighted by Crippen LogP contribution is 2.16. The van der Waals surface area contributed by atoms with E-state index in [1.165, 1.54) is 24.3 Å². The highest BCUT2D eigenvalue weighted by atomic mass is 32.2. The second-order valence-electron chi connectivity index (χ2n) is 6.27. The molecule has 0 aliphatic carbocycles. The number of carbonyl (C=O) groups excluding carboxylic acids is 1. The zero-order valence-electron chi connectivity index (χ0n) is 14.9. The van der Waals surface area contributed by atoms with Crippen molar-refractivity contribution in [3.8, 4) is 5.75 Å². The molecule has 140 valence electrons. The number of amides is 1. The summed E-state index contributed by atoms with van der Waals surface area (Å²) in [5.74, 6) is 0.411. The molecular weight excluding hydrogens is 352 g/mol. The molecule has 0 spiro atoms. The Labute approximate surface area is 154 Å². The van der Waals surface area contributed by atoms with Crippen LogP contribution < -0.4 is 14.8 Å². The van der Waals surface area contributed by atoms with Crippen molar-refractivity contribution in [3.05, 3.63) is 60.2 Å². The highest BCUT2D eigenvalue weighted by molar-refractivity contribution is 7.89. The minimum Gasteiger partial charge on any atom is -0.484 e. The van der Waals surface area contributed by atoms with Gasteiger partial charge in [0.1, 0.15) is 5.75 Å². The van der Waals surface area contributed by atoms with E-state index in [9.17, 15) is 13.2 Å². The quantitative estimate of drug-likeness (QED) is 0.703. The van der Waals surface area contributed by atoms with E-state index in [1.54, 1.807) is 0 Å². The van der Waals surface area contributed by atoms with Gasteiger partial charge in [-0.25, -0.2) is 13.1 Å². The van der Waals surface area contributed by atoms with Crippen molar-refractivity contribution in [2.75, 3.05) is 13.2 Å². The molecule has 2 aromatic carbocycles. The van der Waals surface area contributed by atoms with E-state index in [0.29, 0.717) is 18.8 Å². The number of nitrogens with one attached hydrogen (secondary N) is 2. The Bertz CT molecular complexity index is 803. The summed E-state index contributed by atoms with van der Waals surface area (Å²) >= 11 is 0. The normalized spacial score (nSPS) is 11.3. The van der Waals surface area contributed by atoms with E-state index in [2.05, 4.69) is 10.0 Å². The van der Waals surface area contributed by atoms with E-state index < -0.39 is 10.0 Å². The van der Waals surface area contributed by atoms with E-state index in [-0.39, 0.29) is 23.3 Å². The molecule has 0 unspecified atom stereocenters. The van der Waals surface area contributed by atoms with E-state index in [0.717, 1.165) is 5.56 Å². The molecular formula is C19H24N2O4S. The second-order valence-corrected chi connectivity index (χ2v) is 8.04. The molecule has 0 aromatic heterocycles. The molecule has 2 N–H and O–H groups in total. The largest absolute Gasteiger partial charge is 0.484 e. The lowest BCUT2D eigenvalue weighted by Crippen LogP contribution is -2.28. The predicted molar refractivity (Wildman–Crippen MR) is 100 cm³/mol. The number of sulfonamides is 1. The number of benzene rings is 2. The lowest BCUT2D eigenvalue weighted by molar-refractivity contribution is -0.123. The molecule has 0 saturated heterocycles. The number of rotatable bonds is 9. The molecule has 1 amide bonds. The molecule has 0 heterocycles. The van der Waals surface area contributed by atoms with Crippen molar-refractivity contribution in [1.82, 2.24) is 10.0 Å². The molecule has 0 aliphatic rings. The Balaban J connectivity index is 1.82. The van der Waals surface area contributed by atoms with Crippen LogP contribution in [0.2, 0.25) is 0 Å². The Morgan fingerprint density at radius 3 is 2.31 bits per heavy atom. The summed E-state index contributed by atoms with van der Waals surface area (Å²) in [5, 5.41) is 2.76. The molecule has 6 nitrogen and oxygen atoms in total. The van der Waals surface area contributed by atoms with Gasteiger partial charge in [0, 0.05) is 13.1 Å². The first kappa shape index (κ1) is 19.9. The summed E-state index contributed by atoms with van der Waals surface area (Å²) in [7, 11) is -3.53. The van der Waals surface area contributed by atoms with Crippen molar-refractivity contribution in [2.45, 2.75) is 25.3 Å². The topological polar surface area (TPSA) is 84.5 Å². The summed E-state index contributed by atoms with van der Waals surface area (Å²) in [6, 6.07) is 15.6. The SMILES string of the molecule is CC(C)CNS(=O)(=O)c1ccc(OCC(=O)NCc2ccccc2)cc1. The number of hydrogen-bond acceptors (Lipinski definition) is 4. The molecule has 0 saturated carbocycles. The minimum absolute atomic E-state index is 0.134. The molecule has 0 bridgehead atoms. The zero-order valence-corrected chi connectivity index (χ0v) is 15.8. The first-order valence-corrected chi connectivity index (χ1v) is 9.88. The fourth-order valence-corrected chi connectivity index (χ4v) is 3.28. The van der Waals surface area contributed by atoms with Gasteiger partial charge in [-0.2, -0.15) is 0 Å². The first-order valence-electron chi connectivity index (χ1n) is 8.40. The van der Waals surface area contributed by atoms with Crippen LogP contribution in [0.4, 0.5) is 0 Å². The van der Waals surface area contributed by atoms with Crippen molar-refractivity contribution in [2.24, 2.45) is 5.92 Å². The van der Waals surface area contributed by atoms with E-state index >= 15 is 0 Å². The van der Waals surface area contributed by atoms with Gasteiger partial charge in [0.15, 0.2) is 6.61 Å². The van der Waals surface area contributed by atoms with Crippen LogP contribution in [-0.4, -0.2) is 27.5 Å². The summed E-state index contributed by atoms with van der Waals surface area (Å²) in [6.07, 6.45) is 0. The average Bonchev–Trinajstić information content (AvgIpc) is 2.64. The Morgan fingerprint density at radius 2 is 1.69 bits per heavy atom. The molecule has 2 aromatic rings. The van der Waals surface area contributed by atoms with Crippen molar-refractivity contribution in [3.63, 3.8) is 0 Å². The third kappa shape index (κ3) is 6.50. The van der Waals surface area contributed by atoms with Gasteiger partial charge >= 0.3 is 0 Å². The van der Waals surface area contributed by atoms with Gasteiger partial charge in [-0.05, 0) is 35.7 Å². The minimum atomic E-state index is -3.53. The third-order valence-electron chi connectivity index (χ3n) is 3.52. The lowest BCUT2D eigenvalue weighted by atomic mass is 10.2. The van der Waals surface area contributed by atoms with Crippen LogP contribution in [0.3, 0.4) is 0 Å². The molecule has 0 fully saturated rings. The highest BCUT2D eigenvalue weighted by Gasteiger charge is 2.14. The van der Waals surface area contributed by atoms with Gasteiger partial charge in [-0.15, -0.1) is 0 Å². The number of carbonyl (C=O) groups is 1. The van der Waals surface area contributed by atoms with E-state index in [4.69, 9.17) is 4.74 Å². The third-order valence-corrected chi connectivity index (χ3v) is 4.96. The molecule has 26 heavy (non-hydrogen) atoms. The maximum Gasteiger partial charge on any atom is 0.258 e. The lowest BCUT2D eigenvalue weighted by Gasteiger charge is -2.10. The Hall–Kier alpha value is -2.38. The summed E-state index contributed by atoms with van der Waals surface area (Å²) in [6.45, 7) is 4.54. The predicted octanol–water partition coefficient (Wildman–Crippen LogP) is 2.32. The van der Waals surface area contributed by atoms with Crippen LogP contribution in [-0.2, 0) is 21.4 Å². The smallest absolute Gasteiger partial charge is 0.258 e. The first-order chi connectivity index (χ1) is 12.4. The number of hydrogen-bond donors (Lipinski definition) is 2. The zero-order chi connectivity index (χ0) is 19.0. The summed E-state index contributed by atoms with van der Waals surface area (Å²) in [4.78, 5) is 12.0. The van der Waals surface area contributed by atoms with E-state index in [1.807, 2.05) is 44.2 Å². The molecule has 0 radical (unpaired) electrons. The van der Waals surface area contributed by atoms with Crippen molar-refractivity contribution >= 4 is 15.9 Å². The van der Waals surface area contributed by atoms with Crippen LogP contribution in [0.5, 0.6) is 5.75 Å². The van der Waals surface area contributed by atoms with Crippen LogP contribution in [0.15, 0.2) is 59.5 Å². The van der Waals surface area contributed by atoms with Crippen LogP contribution >= 0.6 is 0 Å². The molecule has 7 heteroatoms. The standard InChI is InChI=1S/C19H24N2O4S/c1-15(2)12-21-26(23,24)18-10-8-17(9-11-18)25-14-19(22)20-13-16-6-4-3-5-7-16/h3-11,15,21H,12-14H2,1-2H3,(H,20,22). The summed E-state index contributed by atoms with van der Waals surface area (Å²) < 4.78 is 32.2. The average molecular weight is 376 g/mol. The van der Waals surface area contributed by atoms with Gasteiger partial charge in [0.05, 0.1) is 4.90 Å². The summed E-state index contributed by atoms with van der Waals surface area (Å²) in [5.41, 5.74) is 1.00. The van der Waals surface area contributed by atoms with Gasteiger partial charge in [0.2, 0.25) is 10.0 Å². The van der Waals surface area contributed by atoms with Crippen molar-refractivity contribution < 1.29 is 17.9 Å². The Morgan fingerprint density at radius 1 is 1.04 bits per heavy atom. The molecule has 0 aliphatic heterocycles.